The molecule has 0 saturated heterocycles. The first-order chi connectivity index (χ1) is 11.2. The van der Waals surface area contributed by atoms with Crippen molar-refractivity contribution in [3.8, 4) is 0 Å². The van der Waals surface area contributed by atoms with Gasteiger partial charge in [0.15, 0.2) is 0 Å². The van der Waals surface area contributed by atoms with E-state index in [1.807, 2.05) is 24.3 Å². The minimum Gasteiger partial charge on any atom is -0.465 e. The van der Waals surface area contributed by atoms with Gasteiger partial charge in [-0.05, 0) is 35.8 Å². The van der Waals surface area contributed by atoms with Crippen molar-refractivity contribution in [3.05, 3.63) is 77.1 Å². The summed E-state index contributed by atoms with van der Waals surface area (Å²) in [6, 6.07) is 14.1. The van der Waals surface area contributed by atoms with Crippen LogP contribution in [0, 0.1) is 5.82 Å². The standard InChI is InChI=1S/C19H18FNO2/c1-23-19(22)14-8-6-13(7-9-14)15-10-11-21-18(12-15)16-4-2-3-5-17(16)20/h2-10,18,21H,11-12H2,1H3. The smallest absolute Gasteiger partial charge is 0.337 e. The molecule has 0 fully saturated rings. The lowest BCUT2D eigenvalue weighted by Crippen LogP contribution is -2.26. The van der Waals surface area contributed by atoms with Crippen LogP contribution < -0.4 is 5.32 Å². The van der Waals surface area contributed by atoms with E-state index >= 15 is 0 Å². The lowest BCUT2D eigenvalue weighted by Gasteiger charge is -2.25. The van der Waals surface area contributed by atoms with Crippen LogP contribution in [0.25, 0.3) is 5.57 Å². The van der Waals surface area contributed by atoms with Crippen LogP contribution in [0.3, 0.4) is 0 Å². The average Bonchev–Trinajstić information content (AvgIpc) is 2.62. The zero-order valence-corrected chi connectivity index (χ0v) is 12.9. The quantitative estimate of drug-likeness (QED) is 0.878. The SMILES string of the molecule is COC(=O)c1ccc(C2=CCNC(c3ccccc3F)C2)cc1. The molecule has 0 radical (unpaired) electrons. The second-order valence-corrected chi connectivity index (χ2v) is 5.48. The molecule has 3 nitrogen and oxygen atoms in total. The van der Waals surface area contributed by atoms with E-state index in [0.29, 0.717) is 24.1 Å². The van der Waals surface area contributed by atoms with Crippen molar-refractivity contribution in [3.63, 3.8) is 0 Å². The Kier molecular flexibility index (Phi) is 4.53. The second kappa shape index (κ2) is 6.75. The molecule has 1 aliphatic heterocycles. The summed E-state index contributed by atoms with van der Waals surface area (Å²) in [5.74, 6) is -0.535. The summed E-state index contributed by atoms with van der Waals surface area (Å²) >= 11 is 0. The van der Waals surface area contributed by atoms with Gasteiger partial charge in [0.2, 0.25) is 0 Å². The Bertz CT molecular complexity index is 737. The maximum atomic E-state index is 14.0. The fourth-order valence-electron chi connectivity index (χ4n) is 2.85. The number of carbonyl (C=O) groups excluding carboxylic acids is 1. The van der Waals surface area contributed by atoms with Gasteiger partial charge >= 0.3 is 5.97 Å². The molecule has 1 atom stereocenters. The molecular weight excluding hydrogens is 293 g/mol. The van der Waals surface area contributed by atoms with Gasteiger partial charge in [-0.1, -0.05) is 36.4 Å². The number of hydrogen-bond donors (Lipinski definition) is 1. The normalized spacial score (nSPS) is 17.5. The molecule has 3 rings (SSSR count). The van der Waals surface area contributed by atoms with Gasteiger partial charge < -0.3 is 10.1 Å². The second-order valence-electron chi connectivity index (χ2n) is 5.48. The average molecular weight is 311 g/mol. The molecule has 118 valence electrons. The van der Waals surface area contributed by atoms with Gasteiger partial charge in [-0.15, -0.1) is 0 Å². The lowest BCUT2D eigenvalue weighted by molar-refractivity contribution is 0.0600. The molecule has 0 bridgehead atoms. The van der Waals surface area contributed by atoms with Gasteiger partial charge in [-0.3, -0.25) is 0 Å². The molecule has 0 amide bonds. The van der Waals surface area contributed by atoms with Crippen LogP contribution in [0.4, 0.5) is 4.39 Å². The molecule has 0 saturated carbocycles. The van der Waals surface area contributed by atoms with E-state index in [1.54, 1.807) is 18.2 Å². The van der Waals surface area contributed by atoms with Gasteiger partial charge in [-0.25, -0.2) is 9.18 Å². The van der Waals surface area contributed by atoms with Crippen LogP contribution in [-0.4, -0.2) is 19.6 Å². The highest BCUT2D eigenvalue weighted by atomic mass is 19.1. The van der Waals surface area contributed by atoms with Crippen molar-refractivity contribution in [1.82, 2.24) is 5.32 Å². The number of esters is 1. The molecule has 1 heterocycles. The number of hydrogen-bond acceptors (Lipinski definition) is 3. The monoisotopic (exact) mass is 311 g/mol. The van der Waals surface area contributed by atoms with Crippen molar-refractivity contribution in [2.75, 3.05) is 13.7 Å². The largest absolute Gasteiger partial charge is 0.465 e. The Balaban J connectivity index is 1.80. The van der Waals surface area contributed by atoms with Gasteiger partial charge in [0.05, 0.1) is 12.7 Å². The van der Waals surface area contributed by atoms with Crippen molar-refractivity contribution >= 4 is 11.5 Å². The number of ether oxygens (including phenoxy) is 1. The topological polar surface area (TPSA) is 38.3 Å². The summed E-state index contributed by atoms with van der Waals surface area (Å²) in [4.78, 5) is 11.5. The van der Waals surface area contributed by atoms with Crippen molar-refractivity contribution < 1.29 is 13.9 Å². The van der Waals surface area contributed by atoms with Crippen LogP contribution >= 0.6 is 0 Å². The third-order valence-electron chi connectivity index (χ3n) is 4.09. The van der Waals surface area contributed by atoms with Crippen LogP contribution in [0.5, 0.6) is 0 Å². The van der Waals surface area contributed by atoms with E-state index in [0.717, 1.165) is 11.1 Å². The summed E-state index contributed by atoms with van der Waals surface area (Å²) in [6.07, 6.45) is 2.81. The Morgan fingerprint density at radius 1 is 1.17 bits per heavy atom. The van der Waals surface area contributed by atoms with Crippen LogP contribution in [0.15, 0.2) is 54.6 Å². The van der Waals surface area contributed by atoms with Gasteiger partial charge in [0.25, 0.3) is 0 Å². The molecule has 2 aromatic carbocycles. The molecule has 0 aromatic heterocycles. The van der Waals surface area contributed by atoms with Crippen molar-refractivity contribution in [1.29, 1.82) is 0 Å². The van der Waals surface area contributed by atoms with E-state index in [9.17, 15) is 9.18 Å². The predicted molar refractivity (Wildman–Crippen MR) is 87.5 cm³/mol. The molecular formula is C19H18FNO2. The summed E-state index contributed by atoms with van der Waals surface area (Å²) in [7, 11) is 1.37. The van der Waals surface area contributed by atoms with Gasteiger partial charge in [0.1, 0.15) is 5.82 Å². The number of methoxy groups -OCH3 is 1. The van der Waals surface area contributed by atoms with Crippen molar-refractivity contribution in [2.45, 2.75) is 12.5 Å². The highest BCUT2D eigenvalue weighted by molar-refractivity contribution is 5.89. The number of carbonyl (C=O) groups is 1. The van der Waals surface area contributed by atoms with Gasteiger partial charge in [0, 0.05) is 18.2 Å². The molecule has 2 aromatic rings. The van der Waals surface area contributed by atoms with Gasteiger partial charge in [-0.2, -0.15) is 0 Å². The summed E-state index contributed by atoms with van der Waals surface area (Å²) in [5.41, 5.74) is 3.40. The third kappa shape index (κ3) is 3.32. The molecule has 23 heavy (non-hydrogen) atoms. The fraction of sp³-hybridized carbons (Fsp3) is 0.211. The first kappa shape index (κ1) is 15.4. The van der Waals surface area contributed by atoms with E-state index in [1.165, 1.54) is 13.2 Å². The number of halogens is 1. The number of nitrogens with one attached hydrogen (secondary N) is 1. The Morgan fingerprint density at radius 2 is 1.91 bits per heavy atom. The lowest BCUT2D eigenvalue weighted by atomic mass is 9.91. The van der Waals surface area contributed by atoms with Crippen molar-refractivity contribution in [2.24, 2.45) is 0 Å². The van der Waals surface area contributed by atoms with Crippen LogP contribution in [0.2, 0.25) is 0 Å². The molecule has 1 N–H and O–H groups in total. The molecule has 0 spiro atoms. The first-order valence-corrected chi connectivity index (χ1v) is 7.54. The fourth-order valence-corrected chi connectivity index (χ4v) is 2.85. The van der Waals surface area contributed by atoms with Crippen LogP contribution in [0.1, 0.15) is 33.9 Å². The minimum atomic E-state index is -0.347. The Hall–Kier alpha value is -2.46. The van der Waals surface area contributed by atoms with E-state index in [-0.39, 0.29) is 17.8 Å². The maximum absolute atomic E-state index is 14.0. The zero-order valence-electron chi connectivity index (χ0n) is 12.9. The summed E-state index contributed by atoms with van der Waals surface area (Å²) in [6.45, 7) is 0.688. The highest BCUT2D eigenvalue weighted by Gasteiger charge is 2.20. The zero-order chi connectivity index (χ0) is 16.2. The van der Waals surface area contributed by atoms with E-state index < -0.39 is 0 Å². The third-order valence-corrected chi connectivity index (χ3v) is 4.09. The summed E-state index contributed by atoms with van der Waals surface area (Å²) in [5, 5.41) is 3.32. The maximum Gasteiger partial charge on any atom is 0.337 e. The van der Waals surface area contributed by atoms with E-state index in [4.69, 9.17) is 4.74 Å². The molecule has 1 aliphatic rings. The predicted octanol–water partition coefficient (Wildman–Crippen LogP) is 3.73. The van der Waals surface area contributed by atoms with E-state index in [2.05, 4.69) is 11.4 Å². The molecule has 1 unspecified atom stereocenters. The Labute approximate surface area is 134 Å². The molecule has 0 aliphatic carbocycles. The first-order valence-electron chi connectivity index (χ1n) is 7.54. The Morgan fingerprint density at radius 3 is 2.61 bits per heavy atom. The van der Waals surface area contributed by atoms with Crippen LogP contribution in [-0.2, 0) is 4.74 Å². The number of benzene rings is 2. The summed E-state index contributed by atoms with van der Waals surface area (Å²) < 4.78 is 18.7. The number of rotatable bonds is 3. The minimum absolute atomic E-state index is 0.0449. The molecule has 4 heteroatoms. The highest BCUT2D eigenvalue weighted by Crippen LogP contribution is 2.31.